The summed E-state index contributed by atoms with van der Waals surface area (Å²) in [6.45, 7) is 0. The average Bonchev–Trinajstić information content (AvgIpc) is 2.62. The summed E-state index contributed by atoms with van der Waals surface area (Å²) < 4.78 is 10.3. The van der Waals surface area contributed by atoms with Gasteiger partial charge in [0.25, 0.3) is 0 Å². The molecule has 0 saturated heterocycles. The highest BCUT2D eigenvalue weighted by atomic mass is 16.5. The first kappa shape index (κ1) is 17.8. The van der Waals surface area contributed by atoms with Crippen LogP contribution in [0.2, 0.25) is 0 Å². The number of allylic oxidation sites excluding steroid dienone is 2. The molecule has 1 saturated carbocycles. The highest BCUT2D eigenvalue weighted by Gasteiger charge is 2.76. The first-order chi connectivity index (χ1) is 12.6. The largest absolute Gasteiger partial charge is 0.466 e. The van der Waals surface area contributed by atoms with Crippen molar-refractivity contribution in [2.45, 2.75) is 77.0 Å². The second-order valence-corrected chi connectivity index (χ2v) is 8.33. The Bertz CT molecular complexity index is 643. The van der Waals surface area contributed by atoms with Crippen LogP contribution in [0.15, 0.2) is 22.3 Å². The molecule has 0 radical (unpaired) electrons. The molecule has 0 aromatic heterocycles. The third-order valence-corrected chi connectivity index (χ3v) is 7.46. The smallest absolute Gasteiger partial charge is 0.335 e. The fourth-order valence-corrected chi connectivity index (χ4v) is 6.62. The zero-order valence-corrected chi connectivity index (χ0v) is 16.1. The molecule has 0 aromatic rings. The molecule has 4 aliphatic rings. The van der Waals surface area contributed by atoms with Gasteiger partial charge in [-0.2, -0.15) is 0 Å². The molecule has 0 aromatic carbocycles. The van der Waals surface area contributed by atoms with Crippen LogP contribution in [0.25, 0.3) is 0 Å². The van der Waals surface area contributed by atoms with Gasteiger partial charge < -0.3 is 9.47 Å². The fraction of sp³-hybridized carbons (Fsp3) is 0.727. The third kappa shape index (κ3) is 2.02. The molecule has 4 aliphatic carbocycles. The molecular formula is C22H30O4. The lowest BCUT2D eigenvalue weighted by Crippen LogP contribution is -2.66. The van der Waals surface area contributed by atoms with E-state index in [1.54, 1.807) is 0 Å². The summed E-state index contributed by atoms with van der Waals surface area (Å²) in [7, 11) is 2.85. The van der Waals surface area contributed by atoms with Crippen LogP contribution >= 0.6 is 0 Å². The van der Waals surface area contributed by atoms with Crippen LogP contribution < -0.4 is 0 Å². The maximum atomic E-state index is 12.8. The zero-order chi connectivity index (χ0) is 18.4. The highest BCUT2D eigenvalue weighted by molar-refractivity contribution is 6.09. The number of esters is 2. The molecule has 26 heavy (non-hydrogen) atoms. The molecule has 2 atom stereocenters. The minimum atomic E-state index is -0.324. The molecule has 0 heterocycles. The normalized spacial score (nSPS) is 33.8. The number of carbonyl (C=O) groups excluding carboxylic acids is 2. The summed E-state index contributed by atoms with van der Waals surface area (Å²) in [6, 6.07) is 0. The van der Waals surface area contributed by atoms with Crippen molar-refractivity contribution < 1.29 is 19.1 Å². The van der Waals surface area contributed by atoms with Gasteiger partial charge in [-0.1, -0.05) is 49.7 Å². The van der Waals surface area contributed by atoms with Crippen molar-refractivity contribution in [2.75, 3.05) is 14.2 Å². The Morgan fingerprint density at radius 2 is 1.04 bits per heavy atom. The molecule has 2 unspecified atom stereocenters. The molecule has 0 aliphatic heterocycles. The van der Waals surface area contributed by atoms with Crippen LogP contribution in [0.3, 0.4) is 0 Å². The Kier molecular flexibility index (Phi) is 4.48. The predicted octanol–water partition coefficient (Wildman–Crippen LogP) is 4.63. The minimum Gasteiger partial charge on any atom is -0.466 e. The molecular weight excluding hydrogens is 328 g/mol. The number of methoxy groups -OCH3 is 2. The van der Waals surface area contributed by atoms with Crippen LogP contribution in [0, 0.1) is 10.8 Å². The third-order valence-electron chi connectivity index (χ3n) is 7.46. The summed E-state index contributed by atoms with van der Waals surface area (Å²) in [6.07, 6.45) is 13.7. The van der Waals surface area contributed by atoms with E-state index in [4.69, 9.17) is 9.47 Å². The van der Waals surface area contributed by atoms with E-state index in [-0.39, 0.29) is 22.8 Å². The quantitative estimate of drug-likeness (QED) is 0.533. The molecule has 0 spiro atoms. The number of carbonyl (C=O) groups is 2. The highest BCUT2D eigenvalue weighted by Crippen LogP contribution is 2.81. The number of hydrogen-bond donors (Lipinski definition) is 0. The van der Waals surface area contributed by atoms with E-state index >= 15 is 0 Å². The van der Waals surface area contributed by atoms with Crippen LogP contribution in [0.5, 0.6) is 0 Å². The van der Waals surface area contributed by atoms with E-state index in [1.165, 1.54) is 63.9 Å². The van der Waals surface area contributed by atoms with Crippen LogP contribution in [0.1, 0.15) is 77.0 Å². The second kappa shape index (κ2) is 6.54. The van der Waals surface area contributed by atoms with E-state index in [0.717, 1.165) is 38.5 Å². The standard InChI is InChI=1S/C22H30O4/c1-25-19(23)17-18(20(24)26-2)22-14-10-6-5-9-13-21(17,22)15-11-7-3-4-8-12-16(15)22/h3-14H2,1-2H3. The van der Waals surface area contributed by atoms with Gasteiger partial charge >= 0.3 is 11.9 Å². The van der Waals surface area contributed by atoms with Gasteiger partial charge in [-0.05, 0) is 38.5 Å². The van der Waals surface area contributed by atoms with Crippen molar-refractivity contribution in [1.82, 2.24) is 0 Å². The van der Waals surface area contributed by atoms with Crippen molar-refractivity contribution in [1.29, 1.82) is 0 Å². The number of ether oxygens (including phenoxy) is 2. The number of hydrogen-bond acceptors (Lipinski definition) is 4. The zero-order valence-electron chi connectivity index (χ0n) is 16.1. The maximum absolute atomic E-state index is 12.8. The summed E-state index contributed by atoms with van der Waals surface area (Å²) in [4.78, 5) is 25.6. The van der Waals surface area contributed by atoms with Gasteiger partial charge in [0, 0.05) is 10.8 Å². The molecule has 0 bridgehead atoms. The monoisotopic (exact) mass is 358 g/mol. The molecule has 4 heteroatoms. The maximum Gasteiger partial charge on any atom is 0.335 e. The summed E-state index contributed by atoms with van der Waals surface area (Å²) in [5.41, 5.74) is 3.74. The second-order valence-electron chi connectivity index (χ2n) is 8.33. The van der Waals surface area contributed by atoms with Crippen LogP contribution in [-0.4, -0.2) is 26.2 Å². The van der Waals surface area contributed by atoms with Gasteiger partial charge in [-0.15, -0.1) is 0 Å². The van der Waals surface area contributed by atoms with Gasteiger partial charge in [0.1, 0.15) is 0 Å². The Morgan fingerprint density at radius 1 is 0.654 bits per heavy atom. The summed E-state index contributed by atoms with van der Waals surface area (Å²) >= 11 is 0. The van der Waals surface area contributed by atoms with E-state index in [9.17, 15) is 9.59 Å². The van der Waals surface area contributed by atoms with Crippen molar-refractivity contribution in [3.63, 3.8) is 0 Å². The van der Waals surface area contributed by atoms with Gasteiger partial charge in [0.05, 0.1) is 25.4 Å². The predicted molar refractivity (Wildman–Crippen MR) is 98.4 cm³/mol. The van der Waals surface area contributed by atoms with Gasteiger partial charge in [-0.25, -0.2) is 9.59 Å². The van der Waals surface area contributed by atoms with Crippen molar-refractivity contribution in [2.24, 2.45) is 10.8 Å². The average molecular weight is 358 g/mol. The molecule has 4 rings (SSSR count). The summed E-state index contributed by atoms with van der Waals surface area (Å²) in [5, 5.41) is 0. The van der Waals surface area contributed by atoms with Crippen molar-refractivity contribution >= 4 is 11.9 Å². The first-order valence-corrected chi connectivity index (χ1v) is 10.3. The minimum absolute atomic E-state index is 0.239. The first-order valence-electron chi connectivity index (χ1n) is 10.3. The van der Waals surface area contributed by atoms with E-state index < -0.39 is 0 Å². The lowest BCUT2D eigenvalue weighted by molar-refractivity contribution is -0.148. The van der Waals surface area contributed by atoms with Gasteiger partial charge in [-0.3, -0.25) is 0 Å². The van der Waals surface area contributed by atoms with Crippen molar-refractivity contribution in [3.8, 4) is 0 Å². The Morgan fingerprint density at radius 3 is 1.42 bits per heavy atom. The van der Waals surface area contributed by atoms with Crippen LogP contribution in [0.4, 0.5) is 0 Å². The van der Waals surface area contributed by atoms with E-state index in [0.29, 0.717) is 11.1 Å². The van der Waals surface area contributed by atoms with Crippen LogP contribution in [-0.2, 0) is 19.1 Å². The Balaban J connectivity index is 1.91. The van der Waals surface area contributed by atoms with E-state index in [1.807, 2.05) is 0 Å². The fourth-order valence-electron chi connectivity index (χ4n) is 6.62. The topological polar surface area (TPSA) is 52.6 Å². The molecule has 142 valence electrons. The molecule has 0 N–H and O–H groups in total. The lowest BCUT2D eigenvalue weighted by atomic mass is 9.30. The molecule has 0 amide bonds. The van der Waals surface area contributed by atoms with Gasteiger partial charge in [0.15, 0.2) is 0 Å². The SMILES string of the molecule is COC(=O)C1=C(C(=O)OC)C23CCCCCCC12C1=C3CCCCCC1. The van der Waals surface area contributed by atoms with E-state index in [2.05, 4.69) is 0 Å². The number of rotatable bonds is 2. The van der Waals surface area contributed by atoms with Crippen molar-refractivity contribution in [3.05, 3.63) is 22.3 Å². The lowest BCUT2D eigenvalue weighted by Gasteiger charge is -2.71. The molecule has 4 nitrogen and oxygen atoms in total. The summed E-state index contributed by atoms with van der Waals surface area (Å²) in [5.74, 6) is -0.648. The Labute approximate surface area is 156 Å². The molecule has 1 fully saturated rings. The van der Waals surface area contributed by atoms with Gasteiger partial charge in [0.2, 0.25) is 0 Å². The Hall–Kier alpha value is -1.58.